The normalized spacial score (nSPS) is 25.8. The average Bonchev–Trinajstić information content (AvgIpc) is 2.85. The van der Waals surface area contributed by atoms with E-state index in [1.54, 1.807) is 13.0 Å². The van der Waals surface area contributed by atoms with Gasteiger partial charge in [0.05, 0.1) is 12.7 Å². The van der Waals surface area contributed by atoms with Crippen molar-refractivity contribution >= 4 is 5.57 Å². The highest BCUT2D eigenvalue weighted by Gasteiger charge is 2.31. The number of ether oxygens (including phenoxy) is 2. The summed E-state index contributed by atoms with van der Waals surface area (Å²) in [6.45, 7) is 6.99. The summed E-state index contributed by atoms with van der Waals surface area (Å²) in [5, 5.41) is 0. The van der Waals surface area contributed by atoms with E-state index < -0.39 is 17.8 Å². The molecule has 1 aliphatic carbocycles. The van der Waals surface area contributed by atoms with Crippen LogP contribution in [0.1, 0.15) is 63.5 Å². The van der Waals surface area contributed by atoms with Crippen molar-refractivity contribution in [2.75, 3.05) is 13.2 Å². The van der Waals surface area contributed by atoms with Gasteiger partial charge in [0.15, 0.2) is 11.7 Å². The summed E-state index contributed by atoms with van der Waals surface area (Å²) in [7, 11) is 0. The van der Waals surface area contributed by atoms with Crippen LogP contribution in [0.15, 0.2) is 66.3 Å². The van der Waals surface area contributed by atoms with E-state index in [0.29, 0.717) is 29.8 Å². The first-order valence-electron chi connectivity index (χ1n) is 12.2. The molecule has 2 aromatic rings. The predicted octanol–water partition coefficient (Wildman–Crippen LogP) is 8.01. The highest BCUT2D eigenvalue weighted by Crippen LogP contribution is 2.38. The molecule has 0 radical (unpaired) electrons. The Kier molecular flexibility index (Phi) is 7.77. The molecule has 4 unspecified atom stereocenters. The Hall–Kier alpha value is -2.30. The third kappa shape index (κ3) is 5.28. The first-order chi connectivity index (χ1) is 16.0. The molecule has 2 aliphatic rings. The Morgan fingerprint density at radius 1 is 0.909 bits per heavy atom. The summed E-state index contributed by atoms with van der Waals surface area (Å²) in [5.41, 5.74) is 4.45. The summed E-state index contributed by atoms with van der Waals surface area (Å²) in [6.07, 6.45) is 5.97. The molecule has 0 spiro atoms. The van der Waals surface area contributed by atoms with Crippen molar-refractivity contribution in [1.82, 2.24) is 0 Å². The van der Waals surface area contributed by atoms with Crippen LogP contribution >= 0.6 is 0 Å². The van der Waals surface area contributed by atoms with Gasteiger partial charge in [0.2, 0.25) is 0 Å². The van der Waals surface area contributed by atoms with Gasteiger partial charge in [-0.25, -0.2) is 8.78 Å². The summed E-state index contributed by atoms with van der Waals surface area (Å²) in [6, 6.07) is 16.3. The van der Waals surface area contributed by atoms with E-state index in [4.69, 9.17) is 9.47 Å². The van der Waals surface area contributed by atoms with Crippen LogP contribution in [0.5, 0.6) is 0 Å². The van der Waals surface area contributed by atoms with Crippen molar-refractivity contribution in [3.05, 3.63) is 77.4 Å². The third-order valence-corrected chi connectivity index (χ3v) is 6.84. The minimum atomic E-state index is -0.844. The van der Waals surface area contributed by atoms with Crippen molar-refractivity contribution in [1.29, 1.82) is 0 Å². The third-order valence-electron chi connectivity index (χ3n) is 6.84. The molecule has 176 valence electrons. The van der Waals surface area contributed by atoms with E-state index in [-0.39, 0.29) is 5.92 Å². The molecule has 4 rings (SSSR count). The summed E-state index contributed by atoms with van der Waals surface area (Å²) >= 11 is 0. The first-order valence-corrected chi connectivity index (χ1v) is 12.2. The molecule has 0 saturated carbocycles. The van der Waals surface area contributed by atoms with Crippen LogP contribution in [0.25, 0.3) is 16.7 Å². The molecule has 0 amide bonds. The number of allylic oxidation sites excluding steroid dienone is 2. The molecule has 2 aromatic carbocycles. The lowest BCUT2D eigenvalue weighted by Crippen LogP contribution is -2.25. The van der Waals surface area contributed by atoms with Crippen LogP contribution in [0.4, 0.5) is 8.78 Å². The predicted molar refractivity (Wildman–Crippen MR) is 130 cm³/mol. The number of hydrogen-bond donors (Lipinski definition) is 0. The van der Waals surface area contributed by atoms with E-state index >= 15 is 0 Å². The van der Waals surface area contributed by atoms with Crippen LogP contribution < -0.4 is 0 Å². The number of benzene rings is 2. The maximum absolute atomic E-state index is 14.7. The second-order valence-corrected chi connectivity index (χ2v) is 9.19. The quantitative estimate of drug-likeness (QED) is 0.424. The van der Waals surface area contributed by atoms with Crippen LogP contribution in [0, 0.1) is 5.92 Å². The zero-order chi connectivity index (χ0) is 23.4. The number of hydrogen-bond acceptors (Lipinski definition) is 2. The SMILES string of the molecule is CCCC1CCC(c2ccc(-c3ccc(C4=CC(C)C(OCC)C(F)=C4F)cc3)cc2)CO1. The number of halogens is 2. The zero-order valence-corrected chi connectivity index (χ0v) is 19.8. The van der Waals surface area contributed by atoms with Gasteiger partial charge in [0, 0.05) is 24.0 Å². The lowest BCUT2D eigenvalue weighted by Gasteiger charge is -2.29. The zero-order valence-electron chi connectivity index (χ0n) is 19.8. The highest BCUT2D eigenvalue weighted by atomic mass is 19.2. The topological polar surface area (TPSA) is 18.5 Å². The highest BCUT2D eigenvalue weighted by molar-refractivity contribution is 5.80. The molecule has 1 heterocycles. The van der Waals surface area contributed by atoms with Crippen LogP contribution in [0.2, 0.25) is 0 Å². The van der Waals surface area contributed by atoms with Crippen molar-refractivity contribution in [2.45, 2.75) is 64.6 Å². The van der Waals surface area contributed by atoms with Gasteiger partial charge in [-0.05, 0) is 48.4 Å². The van der Waals surface area contributed by atoms with Gasteiger partial charge in [-0.15, -0.1) is 0 Å². The molecule has 0 N–H and O–H groups in total. The van der Waals surface area contributed by atoms with Gasteiger partial charge in [0.1, 0.15) is 6.10 Å². The fourth-order valence-corrected chi connectivity index (χ4v) is 4.94. The van der Waals surface area contributed by atoms with E-state index in [9.17, 15) is 8.78 Å². The smallest absolute Gasteiger partial charge is 0.165 e. The summed E-state index contributed by atoms with van der Waals surface area (Å²) in [5.74, 6) is -1.40. The Labute approximate surface area is 196 Å². The van der Waals surface area contributed by atoms with Gasteiger partial charge in [-0.1, -0.05) is 74.9 Å². The minimum absolute atomic E-state index is 0.229. The maximum atomic E-state index is 14.7. The second kappa shape index (κ2) is 10.8. The van der Waals surface area contributed by atoms with Crippen molar-refractivity contribution < 1.29 is 18.3 Å². The van der Waals surface area contributed by atoms with Crippen LogP contribution in [-0.2, 0) is 9.47 Å². The Morgan fingerprint density at radius 2 is 1.55 bits per heavy atom. The van der Waals surface area contributed by atoms with Crippen LogP contribution in [0.3, 0.4) is 0 Å². The van der Waals surface area contributed by atoms with E-state index in [2.05, 4.69) is 31.2 Å². The van der Waals surface area contributed by atoms with Crippen LogP contribution in [-0.4, -0.2) is 25.4 Å². The lowest BCUT2D eigenvalue weighted by molar-refractivity contribution is -0.00111. The summed E-state index contributed by atoms with van der Waals surface area (Å²) < 4.78 is 40.7. The molecule has 4 heteroatoms. The monoisotopic (exact) mass is 452 g/mol. The number of rotatable bonds is 7. The molecular formula is C29H34F2O2. The maximum Gasteiger partial charge on any atom is 0.165 e. The molecular weight excluding hydrogens is 418 g/mol. The van der Waals surface area contributed by atoms with Gasteiger partial charge >= 0.3 is 0 Å². The molecule has 1 aliphatic heterocycles. The molecule has 1 fully saturated rings. The molecule has 4 atom stereocenters. The standard InChI is InChI=1S/C29H34F2O2/c1-4-6-25-16-15-24(18-33-25)22-9-7-20(8-10-22)21-11-13-23(14-12-21)26-17-19(3)29(32-5-2)28(31)27(26)30/h7-14,17,19,24-25,29H,4-6,15-16,18H2,1-3H3. The first kappa shape index (κ1) is 23.8. The second-order valence-electron chi connectivity index (χ2n) is 9.19. The fraction of sp³-hybridized carbons (Fsp3) is 0.448. The van der Waals surface area contributed by atoms with E-state index in [1.807, 2.05) is 31.2 Å². The molecule has 1 saturated heterocycles. The van der Waals surface area contributed by atoms with Crippen molar-refractivity contribution in [3.63, 3.8) is 0 Å². The molecule has 2 nitrogen and oxygen atoms in total. The molecule has 33 heavy (non-hydrogen) atoms. The van der Waals surface area contributed by atoms with E-state index in [1.165, 1.54) is 18.4 Å². The van der Waals surface area contributed by atoms with Gasteiger partial charge in [-0.2, -0.15) is 0 Å². The minimum Gasteiger partial charge on any atom is -0.378 e. The summed E-state index contributed by atoms with van der Waals surface area (Å²) in [4.78, 5) is 0. The molecule has 0 bridgehead atoms. The Morgan fingerprint density at radius 3 is 2.12 bits per heavy atom. The fourth-order valence-electron chi connectivity index (χ4n) is 4.94. The lowest BCUT2D eigenvalue weighted by atomic mass is 9.88. The van der Waals surface area contributed by atoms with E-state index in [0.717, 1.165) is 30.6 Å². The van der Waals surface area contributed by atoms with Crippen molar-refractivity contribution in [3.8, 4) is 11.1 Å². The largest absolute Gasteiger partial charge is 0.378 e. The van der Waals surface area contributed by atoms with Crippen molar-refractivity contribution in [2.24, 2.45) is 5.92 Å². The molecule has 0 aromatic heterocycles. The van der Waals surface area contributed by atoms with Gasteiger partial charge in [0.25, 0.3) is 0 Å². The van der Waals surface area contributed by atoms with Gasteiger partial charge < -0.3 is 9.47 Å². The van der Waals surface area contributed by atoms with Gasteiger partial charge in [-0.3, -0.25) is 0 Å². The Bertz CT molecular complexity index is 983. The Balaban J connectivity index is 1.45. The average molecular weight is 453 g/mol.